The van der Waals surface area contributed by atoms with Crippen molar-refractivity contribution in [3.63, 3.8) is 0 Å². The molecule has 2 fully saturated rings. The molecule has 0 bridgehead atoms. The number of piperidine rings is 1. The van der Waals surface area contributed by atoms with Crippen LogP contribution in [0.15, 0.2) is 23.1 Å². The predicted octanol–water partition coefficient (Wildman–Crippen LogP) is 2.17. The molecule has 1 amide bonds. The Kier molecular flexibility index (Phi) is 5.99. The standard InChI is InChI=1S/C19H29N3O3S/c1-14-5-10-17(26(24,25)22-11-3-2-4-12-22)13-18(14)19(23)21-16-8-6-15(20)7-9-16/h5,10,13,15-16H,2-4,6-9,11-12,20H2,1H3,(H,21,23). The largest absolute Gasteiger partial charge is 0.349 e. The highest BCUT2D eigenvalue weighted by Gasteiger charge is 2.27. The van der Waals surface area contributed by atoms with E-state index in [1.165, 1.54) is 10.4 Å². The monoisotopic (exact) mass is 379 g/mol. The van der Waals surface area contributed by atoms with Gasteiger partial charge in [0.1, 0.15) is 0 Å². The van der Waals surface area contributed by atoms with Gasteiger partial charge in [0.15, 0.2) is 0 Å². The van der Waals surface area contributed by atoms with E-state index in [9.17, 15) is 13.2 Å². The minimum atomic E-state index is -3.54. The second-order valence-electron chi connectivity index (χ2n) is 7.53. The average Bonchev–Trinajstić information content (AvgIpc) is 2.64. The number of sulfonamides is 1. The zero-order valence-electron chi connectivity index (χ0n) is 15.4. The Morgan fingerprint density at radius 3 is 2.42 bits per heavy atom. The summed E-state index contributed by atoms with van der Waals surface area (Å²) in [6.07, 6.45) is 6.42. The summed E-state index contributed by atoms with van der Waals surface area (Å²) in [5, 5.41) is 3.05. The number of nitrogens with zero attached hydrogens (tertiary/aromatic N) is 1. The number of amides is 1. The molecule has 1 heterocycles. The third kappa shape index (κ3) is 4.27. The lowest BCUT2D eigenvalue weighted by molar-refractivity contribution is 0.0925. The van der Waals surface area contributed by atoms with Gasteiger partial charge in [0.25, 0.3) is 5.91 Å². The van der Waals surface area contributed by atoms with Gasteiger partial charge in [-0.1, -0.05) is 12.5 Å². The minimum absolute atomic E-state index is 0.115. The second kappa shape index (κ2) is 8.06. The van der Waals surface area contributed by atoms with Crippen LogP contribution in [0.2, 0.25) is 0 Å². The van der Waals surface area contributed by atoms with Crippen molar-refractivity contribution in [2.75, 3.05) is 13.1 Å². The molecule has 3 N–H and O–H groups in total. The van der Waals surface area contributed by atoms with Crippen LogP contribution in [0.4, 0.5) is 0 Å². The van der Waals surface area contributed by atoms with Gasteiger partial charge >= 0.3 is 0 Å². The molecule has 0 atom stereocenters. The molecule has 2 aliphatic rings. The molecule has 1 aliphatic carbocycles. The smallest absolute Gasteiger partial charge is 0.251 e. The summed E-state index contributed by atoms with van der Waals surface area (Å²) in [6, 6.07) is 5.20. The average molecular weight is 380 g/mol. The molecule has 1 saturated carbocycles. The van der Waals surface area contributed by atoms with Crippen molar-refractivity contribution >= 4 is 15.9 Å². The van der Waals surface area contributed by atoms with Crippen LogP contribution in [0.5, 0.6) is 0 Å². The number of benzene rings is 1. The zero-order chi connectivity index (χ0) is 18.7. The zero-order valence-corrected chi connectivity index (χ0v) is 16.2. The number of hydrogen-bond donors (Lipinski definition) is 2. The molecule has 3 rings (SSSR count). The lowest BCUT2D eigenvalue weighted by Crippen LogP contribution is -2.40. The Labute approximate surface area is 156 Å². The first kappa shape index (κ1) is 19.3. The topological polar surface area (TPSA) is 92.5 Å². The van der Waals surface area contributed by atoms with Gasteiger partial charge in [0, 0.05) is 30.7 Å². The normalized spacial score (nSPS) is 25.0. The SMILES string of the molecule is Cc1ccc(S(=O)(=O)N2CCCCC2)cc1C(=O)NC1CCC(N)CC1. The third-order valence-electron chi connectivity index (χ3n) is 5.51. The van der Waals surface area contributed by atoms with Crippen molar-refractivity contribution < 1.29 is 13.2 Å². The first-order valence-electron chi connectivity index (χ1n) is 9.55. The summed E-state index contributed by atoms with van der Waals surface area (Å²) >= 11 is 0. The van der Waals surface area contributed by atoms with Crippen LogP contribution < -0.4 is 11.1 Å². The van der Waals surface area contributed by atoms with E-state index in [-0.39, 0.29) is 22.9 Å². The summed E-state index contributed by atoms with van der Waals surface area (Å²) in [7, 11) is -3.54. The van der Waals surface area contributed by atoms with Crippen LogP contribution in [0.3, 0.4) is 0 Å². The van der Waals surface area contributed by atoms with E-state index in [0.29, 0.717) is 18.7 Å². The molecule has 144 valence electrons. The van der Waals surface area contributed by atoms with E-state index in [2.05, 4.69) is 5.32 Å². The van der Waals surface area contributed by atoms with Gasteiger partial charge in [-0.3, -0.25) is 4.79 Å². The maximum Gasteiger partial charge on any atom is 0.251 e. The van der Waals surface area contributed by atoms with Gasteiger partial charge in [0.05, 0.1) is 4.90 Å². The van der Waals surface area contributed by atoms with E-state index in [4.69, 9.17) is 5.73 Å². The highest BCUT2D eigenvalue weighted by Crippen LogP contribution is 2.23. The quantitative estimate of drug-likeness (QED) is 0.838. The van der Waals surface area contributed by atoms with Gasteiger partial charge in [-0.2, -0.15) is 4.31 Å². The lowest BCUT2D eigenvalue weighted by atomic mass is 9.91. The summed E-state index contributed by atoms with van der Waals surface area (Å²) in [5.41, 5.74) is 7.14. The number of carbonyl (C=O) groups excluding carboxylic acids is 1. The molecule has 7 heteroatoms. The summed E-state index contributed by atoms with van der Waals surface area (Å²) in [6.45, 7) is 2.95. The van der Waals surface area contributed by atoms with Crippen molar-refractivity contribution in [2.24, 2.45) is 5.73 Å². The molecule has 0 spiro atoms. The van der Waals surface area contributed by atoms with E-state index < -0.39 is 10.0 Å². The molecule has 1 saturated heterocycles. The van der Waals surface area contributed by atoms with Crippen molar-refractivity contribution in [1.82, 2.24) is 9.62 Å². The number of nitrogens with two attached hydrogens (primary N) is 1. The molecule has 0 unspecified atom stereocenters. The Hall–Kier alpha value is -1.44. The minimum Gasteiger partial charge on any atom is -0.349 e. The molecule has 6 nitrogen and oxygen atoms in total. The Bertz CT molecular complexity index is 749. The van der Waals surface area contributed by atoms with E-state index >= 15 is 0 Å². The molecule has 26 heavy (non-hydrogen) atoms. The maximum absolute atomic E-state index is 12.9. The van der Waals surface area contributed by atoms with E-state index in [1.807, 2.05) is 6.92 Å². The highest BCUT2D eigenvalue weighted by atomic mass is 32.2. The first-order chi connectivity index (χ1) is 12.4. The molecular weight excluding hydrogens is 350 g/mol. The molecule has 1 aliphatic heterocycles. The van der Waals surface area contributed by atoms with Gasteiger partial charge in [-0.05, 0) is 63.1 Å². The summed E-state index contributed by atoms with van der Waals surface area (Å²) in [4.78, 5) is 12.9. The molecule has 1 aromatic carbocycles. The van der Waals surface area contributed by atoms with Crippen molar-refractivity contribution in [1.29, 1.82) is 0 Å². The number of rotatable bonds is 4. The van der Waals surface area contributed by atoms with Crippen LogP contribution in [-0.4, -0.2) is 43.8 Å². The highest BCUT2D eigenvalue weighted by molar-refractivity contribution is 7.89. The molecule has 0 radical (unpaired) electrons. The number of carbonyl (C=O) groups is 1. The second-order valence-corrected chi connectivity index (χ2v) is 9.46. The van der Waals surface area contributed by atoms with Crippen LogP contribution in [-0.2, 0) is 10.0 Å². The van der Waals surface area contributed by atoms with Crippen molar-refractivity contribution in [2.45, 2.75) is 68.8 Å². The molecule has 1 aromatic rings. The van der Waals surface area contributed by atoms with Crippen molar-refractivity contribution in [3.05, 3.63) is 29.3 Å². The number of aryl methyl sites for hydroxylation is 1. The fourth-order valence-corrected chi connectivity index (χ4v) is 5.33. The maximum atomic E-state index is 12.9. The fourth-order valence-electron chi connectivity index (χ4n) is 3.79. The Morgan fingerprint density at radius 2 is 1.77 bits per heavy atom. The fraction of sp³-hybridized carbons (Fsp3) is 0.632. The Balaban J connectivity index is 1.77. The van der Waals surface area contributed by atoms with Crippen LogP contribution in [0.1, 0.15) is 60.9 Å². The van der Waals surface area contributed by atoms with Gasteiger partial charge in [0.2, 0.25) is 10.0 Å². The predicted molar refractivity (Wildman–Crippen MR) is 101 cm³/mol. The Morgan fingerprint density at radius 1 is 1.12 bits per heavy atom. The van der Waals surface area contributed by atoms with Gasteiger partial charge in [-0.25, -0.2) is 8.42 Å². The number of nitrogens with one attached hydrogen (secondary N) is 1. The van der Waals surface area contributed by atoms with Crippen LogP contribution in [0.25, 0.3) is 0 Å². The van der Waals surface area contributed by atoms with Crippen molar-refractivity contribution in [3.8, 4) is 0 Å². The van der Waals surface area contributed by atoms with Crippen LogP contribution >= 0.6 is 0 Å². The van der Waals surface area contributed by atoms with Crippen LogP contribution in [0, 0.1) is 6.92 Å². The number of hydrogen-bond acceptors (Lipinski definition) is 4. The van der Waals surface area contributed by atoms with E-state index in [0.717, 1.165) is 50.5 Å². The summed E-state index contributed by atoms with van der Waals surface area (Å²) in [5.74, 6) is -0.196. The van der Waals surface area contributed by atoms with E-state index in [1.54, 1.807) is 12.1 Å². The lowest BCUT2D eigenvalue weighted by Gasteiger charge is -2.27. The molecular formula is C19H29N3O3S. The molecule has 0 aromatic heterocycles. The van der Waals surface area contributed by atoms with Gasteiger partial charge < -0.3 is 11.1 Å². The third-order valence-corrected chi connectivity index (χ3v) is 7.41. The van der Waals surface area contributed by atoms with Gasteiger partial charge in [-0.15, -0.1) is 0 Å². The first-order valence-corrected chi connectivity index (χ1v) is 11.0. The summed E-state index contributed by atoms with van der Waals surface area (Å²) < 4.78 is 27.3.